The molecule has 160 valence electrons. The zero-order valence-electron chi connectivity index (χ0n) is 17.3. The van der Waals surface area contributed by atoms with Crippen molar-refractivity contribution in [2.45, 2.75) is 12.1 Å². The number of thiocarbonyl (C=S) groups is 1. The summed E-state index contributed by atoms with van der Waals surface area (Å²) in [4.78, 5) is 9.28. The molecule has 0 aliphatic carbocycles. The molecule has 0 amide bonds. The molecule has 31 heavy (non-hydrogen) atoms. The maximum absolute atomic E-state index is 6.37. The number of benzene rings is 1. The Morgan fingerprint density at radius 2 is 1.77 bits per heavy atom. The molecule has 3 aromatic rings. The number of ether oxygens (including phenoxy) is 1. The standard InChI is InChI=1S/C24H26N4O2S/c31-24-26-22(19-8-4-5-11-25-19)23(28(24)13-12-27-14-16-29-17-15-27)21-10-9-20(30-21)18-6-2-1-3-7-18/h1-11,22-23H,12-17H2,(H,26,31)/t22-,23+/m1/s1. The lowest BCUT2D eigenvalue weighted by molar-refractivity contribution is 0.0347. The Morgan fingerprint density at radius 3 is 2.55 bits per heavy atom. The highest BCUT2D eigenvalue weighted by Crippen LogP contribution is 2.40. The number of aromatic nitrogens is 1. The number of hydrogen-bond acceptors (Lipinski definition) is 5. The quantitative estimate of drug-likeness (QED) is 0.595. The van der Waals surface area contributed by atoms with E-state index in [0.717, 1.165) is 67.3 Å². The lowest BCUT2D eigenvalue weighted by atomic mass is 10.0. The monoisotopic (exact) mass is 434 g/mol. The molecule has 6 nitrogen and oxygen atoms in total. The van der Waals surface area contributed by atoms with Crippen molar-refractivity contribution in [2.75, 3.05) is 39.4 Å². The van der Waals surface area contributed by atoms with Crippen LogP contribution in [0, 0.1) is 0 Å². The molecule has 0 bridgehead atoms. The Labute approximate surface area is 187 Å². The van der Waals surface area contributed by atoms with Gasteiger partial charge in [0, 0.05) is 37.9 Å². The molecule has 0 unspecified atom stereocenters. The van der Waals surface area contributed by atoms with Crippen molar-refractivity contribution in [1.82, 2.24) is 20.1 Å². The molecule has 2 fully saturated rings. The van der Waals surface area contributed by atoms with Gasteiger partial charge in [0.25, 0.3) is 0 Å². The first kappa shape index (κ1) is 20.2. The van der Waals surface area contributed by atoms with Gasteiger partial charge in [-0.3, -0.25) is 9.88 Å². The lowest BCUT2D eigenvalue weighted by Crippen LogP contribution is -2.42. The number of nitrogens with one attached hydrogen (secondary N) is 1. The highest BCUT2D eigenvalue weighted by Gasteiger charge is 2.41. The van der Waals surface area contributed by atoms with Gasteiger partial charge in [-0.05, 0) is 36.5 Å². The summed E-state index contributed by atoms with van der Waals surface area (Å²) in [6, 6.07) is 20.2. The summed E-state index contributed by atoms with van der Waals surface area (Å²) < 4.78 is 11.9. The smallest absolute Gasteiger partial charge is 0.170 e. The third-order valence-electron chi connectivity index (χ3n) is 5.94. The molecule has 7 heteroatoms. The highest BCUT2D eigenvalue weighted by molar-refractivity contribution is 7.80. The Morgan fingerprint density at radius 1 is 0.968 bits per heavy atom. The van der Waals surface area contributed by atoms with Crippen LogP contribution in [0.5, 0.6) is 0 Å². The van der Waals surface area contributed by atoms with Gasteiger partial charge < -0.3 is 19.4 Å². The van der Waals surface area contributed by atoms with Crippen molar-refractivity contribution < 1.29 is 9.15 Å². The molecule has 0 spiro atoms. The van der Waals surface area contributed by atoms with Crippen molar-refractivity contribution in [1.29, 1.82) is 0 Å². The Kier molecular flexibility index (Phi) is 5.97. The molecule has 0 saturated carbocycles. The van der Waals surface area contributed by atoms with Crippen LogP contribution in [0.25, 0.3) is 11.3 Å². The summed E-state index contributed by atoms with van der Waals surface area (Å²) in [6.07, 6.45) is 1.82. The fourth-order valence-corrected chi connectivity index (χ4v) is 4.63. The lowest BCUT2D eigenvalue weighted by Gasteiger charge is -2.31. The maximum Gasteiger partial charge on any atom is 0.170 e. The minimum Gasteiger partial charge on any atom is -0.459 e. The van der Waals surface area contributed by atoms with E-state index in [9.17, 15) is 0 Å². The topological polar surface area (TPSA) is 53.8 Å². The van der Waals surface area contributed by atoms with Gasteiger partial charge >= 0.3 is 0 Å². The molecule has 2 aliphatic heterocycles. The molecule has 2 saturated heterocycles. The number of morpholine rings is 1. The summed E-state index contributed by atoms with van der Waals surface area (Å²) >= 11 is 5.76. The van der Waals surface area contributed by atoms with Crippen molar-refractivity contribution in [3.05, 3.63) is 78.3 Å². The first-order chi connectivity index (χ1) is 15.3. The van der Waals surface area contributed by atoms with Crippen LogP contribution in [-0.4, -0.2) is 59.3 Å². The van der Waals surface area contributed by atoms with Crippen LogP contribution >= 0.6 is 12.2 Å². The second-order valence-electron chi connectivity index (χ2n) is 7.84. The number of nitrogens with zero attached hydrogens (tertiary/aromatic N) is 3. The van der Waals surface area contributed by atoms with E-state index in [2.05, 4.69) is 38.3 Å². The summed E-state index contributed by atoms with van der Waals surface area (Å²) in [7, 11) is 0. The van der Waals surface area contributed by atoms with Gasteiger partial charge in [0.05, 0.1) is 24.9 Å². The van der Waals surface area contributed by atoms with Crippen molar-refractivity contribution in [2.24, 2.45) is 0 Å². The van der Waals surface area contributed by atoms with Gasteiger partial charge in [-0.15, -0.1) is 0 Å². The molecule has 0 radical (unpaired) electrons. The van der Waals surface area contributed by atoms with Crippen LogP contribution in [0.4, 0.5) is 0 Å². The molecule has 4 heterocycles. The number of rotatable bonds is 6. The first-order valence-corrected chi connectivity index (χ1v) is 11.1. The van der Waals surface area contributed by atoms with Crippen LogP contribution in [0.1, 0.15) is 23.5 Å². The highest BCUT2D eigenvalue weighted by atomic mass is 32.1. The van der Waals surface area contributed by atoms with E-state index in [-0.39, 0.29) is 12.1 Å². The first-order valence-electron chi connectivity index (χ1n) is 10.7. The van der Waals surface area contributed by atoms with E-state index in [1.807, 2.05) is 48.7 Å². The van der Waals surface area contributed by atoms with Crippen molar-refractivity contribution in [3.63, 3.8) is 0 Å². The zero-order chi connectivity index (χ0) is 21.0. The van der Waals surface area contributed by atoms with Gasteiger partial charge in [0.2, 0.25) is 0 Å². The molecular formula is C24H26N4O2S. The molecule has 2 atom stereocenters. The third kappa shape index (κ3) is 4.35. The minimum absolute atomic E-state index is 0.0547. The average Bonchev–Trinajstić information content (AvgIpc) is 3.44. The van der Waals surface area contributed by atoms with Gasteiger partial charge in [-0.2, -0.15) is 0 Å². The average molecular weight is 435 g/mol. The second-order valence-corrected chi connectivity index (χ2v) is 8.23. The van der Waals surface area contributed by atoms with Gasteiger partial charge in [0.1, 0.15) is 17.6 Å². The Balaban J connectivity index is 1.44. The fourth-order valence-electron chi connectivity index (χ4n) is 4.30. The summed E-state index contributed by atoms with van der Waals surface area (Å²) in [5.74, 6) is 1.75. The van der Waals surface area contributed by atoms with Gasteiger partial charge in [0.15, 0.2) is 5.11 Å². The largest absolute Gasteiger partial charge is 0.459 e. The SMILES string of the molecule is S=C1N[C@H](c2ccccn2)[C@H](c2ccc(-c3ccccc3)o2)N1CCN1CCOCC1. The van der Waals surface area contributed by atoms with Crippen LogP contribution in [0.3, 0.4) is 0 Å². The molecule has 5 rings (SSSR count). The summed E-state index contributed by atoms with van der Waals surface area (Å²) in [5, 5.41) is 4.24. The number of pyridine rings is 1. The summed E-state index contributed by atoms with van der Waals surface area (Å²) in [5.41, 5.74) is 2.03. The van der Waals surface area contributed by atoms with E-state index in [4.69, 9.17) is 21.4 Å². The second kappa shape index (κ2) is 9.18. The van der Waals surface area contributed by atoms with E-state index in [0.29, 0.717) is 0 Å². The minimum atomic E-state index is -0.0619. The van der Waals surface area contributed by atoms with Gasteiger partial charge in [-0.25, -0.2) is 0 Å². The predicted octanol–water partition coefficient (Wildman–Crippen LogP) is 3.65. The van der Waals surface area contributed by atoms with Crippen LogP contribution in [0.2, 0.25) is 0 Å². The molecule has 2 aliphatic rings. The van der Waals surface area contributed by atoms with E-state index in [1.165, 1.54) is 0 Å². The Hall–Kier alpha value is -2.74. The van der Waals surface area contributed by atoms with E-state index < -0.39 is 0 Å². The Bertz CT molecular complexity index is 1000. The molecule has 1 aromatic carbocycles. The normalized spacial score (nSPS) is 21.9. The molecule has 2 aromatic heterocycles. The summed E-state index contributed by atoms with van der Waals surface area (Å²) in [6.45, 7) is 5.26. The molecular weight excluding hydrogens is 408 g/mol. The predicted molar refractivity (Wildman–Crippen MR) is 124 cm³/mol. The number of hydrogen-bond donors (Lipinski definition) is 1. The number of furan rings is 1. The van der Waals surface area contributed by atoms with Crippen LogP contribution in [-0.2, 0) is 4.74 Å². The third-order valence-corrected chi connectivity index (χ3v) is 6.29. The molecule has 1 N–H and O–H groups in total. The maximum atomic E-state index is 6.37. The van der Waals surface area contributed by atoms with E-state index >= 15 is 0 Å². The van der Waals surface area contributed by atoms with Crippen molar-refractivity contribution in [3.8, 4) is 11.3 Å². The van der Waals surface area contributed by atoms with Crippen LogP contribution < -0.4 is 5.32 Å². The zero-order valence-corrected chi connectivity index (χ0v) is 18.1. The fraction of sp³-hybridized carbons (Fsp3) is 0.333. The van der Waals surface area contributed by atoms with Gasteiger partial charge in [-0.1, -0.05) is 36.4 Å². The van der Waals surface area contributed by atoms with Crippen molar-refractivity contribution >= 4 is 17.3 Å². The van der Waals surface area contributed by atoms with E-state index in [1.54, 1.807) is 0 Å². The van der Waals surface area contributed by atoms with Crippen LogP contribution in [0.15, 0.2) is 71.3 Å².